The molecule has 4 atom stereocenters. The van der Waals surface area contributed by atoms with Crippen LogP contribution in [0.1, 0.15) is 42.9 Å². The fourth-order valence-electron chi connectivity index (χ4n) is 3.97. The van der Waals surface area contributed by atoms with Crippen LogP contribution in [0.25, 0.3) is 0 Å². The van der Waals surface area contributed by atoms with Gasteiger partial charge in [0.05, 0.1) is 18.8 Å². The molecular weight excluding hydrogens is 452 g/mol. The minimum absolute atomic E-state index is 0.00562. The van der Waals surface area contributed by atoms with Crippen molar-refractivity contribution in [1.82, 2.24) is 0 Å². The van der Waals surface area contributed by atoms with Crippen LogP contribution in [0.5, 0.6) is 0 Å². The molecule has 1 saturated heterocycles. The first-order valence-corrected chi connectivity index (χ1v) is 12.1. The lowest BCUT2D eigenvalue weighted by Crippen LogP contribution is -2.39. The van der Waals surface area contributed by atoms with E-state index in [1.807, 2.05) is 54.6 Å². The summed E-state index contributed by atoms with van der Waals surface area (Å²) in [6, 6.07) is 20.5. The highest BCUT2D eigenvalue weighted by Crippen LogP contribution is 2.43. The zero-order chi connectivity index (χ0) is 24.1. The van der Waals surface area contributed by atoms with Crippen LogP contribution in [0.3, 0.4) is 0 Å². The van der Waals surface area contributed by atoms with E-state index in [4.69, 9.17) is 9.47 Å². The van der Waals surface area contributed by atoms with Crippen molar-refractivity contribution in [2.45, 2.75) is 44.0 Å². The van der Waals surface area contributed by atoms with Crippen LogP contribution in [0, 0.1) is 11.1 Å². The van der Waals surface area contributed by atoms with Gasteiger partial charge in [0.1, 0.15) is 0 Å². The zero-order valence-electron chi connectivity index (χ0n) is 19.1. The third-order valence-electron chi connectivity index (χ3n) is 5.79. The number of amides is 1. The van der Waals surface area contributed by atoms with Gasteiger partial charge in [-0.2, -0.15) is 4.73 Å². The van der Waals surface area contributed by atoms with Gasteiger partial charge in [0, 0.05) is 42.0 Å². The normalized spacial score (nSPS) is 22.3. The number of carbonyl (C=O) groups excluding carboxylic acids is 1. The van der Waals surface area contributed by atoms with E-state index in [1.165, 1.54) is 24.9 Å². The second-order valence-electron chi connectivity index (χ2n) is 8.30. The second-order valence-corrected chi connectivity index (χ2v) is 9.34. The molecule has 0 aliphatic carbocycles. The van der Waals surface area contributed by atoms with E-state index in [0.29, 0.717) is 16.5 Å². The molecule has 1 aliphatic heterocycles. The number of benzene rings is 2. The molecule has 1 aliphatic rings. The van der Waals surface area contributed by atoms with E-state index in [-0.39, 0.29) is 30.6 Å². The largest absolute Gasteiger partial charge is 0.618 e. The molecule has 0 radical (unpaired) electrons. The SMILES string of the molecule is CC(=O)Nc1cccc([C@@H]2O[C@H](CSc3cccc[n+]3[O-])[C@H](C)[C@H](c3ccc(CO)cc3)O2)c1. The zero-order valence-corrected chi connectivity index (χ0v) is 19.9. The number of nitrogens with zero attached hydrogens (tertiary/aromatic N) is 1. The van der Waals surface area contributed by atoms with Crippen molar-refractivity contribution in [3.63, 3.8) is 0 Å². The van der Waals surface area contributed by atoms with Crippen molar-refractivity contribution in [2.75, 3.05) is 11.1 Å². The van der Waals surface area contributed by atoms with Crippen molar-refractivity contribution < 1.29 is 24.1 Å². The highest BCUT2D eigenvalue weighted by atomic mass is 32.2. The van der Waals surface area contributed by atoms with Crippen LogP contribution in [0.2, 0.25) is 0 Å². The molecule has 178 valence electrons. The summed E-state index contributed by atoms with van der Waals surface area (Å²) in [5.41, 5.74) is 3.29. The summed E-state index contributed by atoms with van der Waals surface area (Å²) in [4.78, 5) is 11.5. The van der Waals surface area contributed by atoms with Gasteiger partial charge in [-0.15, -0.1) is 0 Å². The Labute approximate surface area is 203 Å². The fraction of sp³-hybridized carbons (Fsp3) is 0.308. The molecular formula is C26H28N2O5S. The topological polar surface area (TPSA) is 94.7 Å². The number of hydrogen-bond acceptors (Lipinski definition) is 6. The summed E-state index contributed by atoms with van der Waals surface area (Å²) in [5, 5.41) is 24.9. The lowest BCUT2D eigenvalue weighted by Gasteiger charge is -2.41. The number of carbonyl (C=O) groups is 1. The highest BCUT2D eigenvalue weighted by Gasteiger charge is 2.38. The van der Waals surface area contributed by atoms with Gasteiger partial charge in [-0.05, 0) is 29.3 Å². The van der Waals surface area contributed by atoms with Gasteiger partial charge >= 0.3 is 0 Å². The summed E-state index contributed by atoms with van der Waals surface area (Å²) in [6.07, 6.45) is 0.388. The number of hydrogen-bond donors (Lipinski definition) is 2. The Kier molecular flexibility index (Phi) is 7.84. The second kappa shape index (κ2) is 11.0. The molecule has 0 bridgehead atoms. The maximum Gasteiger partial charge on any atom is 0.251 e. The van der Waals surface area contributed by atoms with Crippen LogP contribution < -0.4 is 10.0 Å². The monoisotopic (exact) mass is 480 g/mol. The molecule has 8 heteroatoms. The minimum Gasteiger partial charge on any atom is -0.618 e. The Morgan fingerprint density at radius 2 is 1.88 bits per heavy atom. The maximum atomic E-state index is 12.1. The molecule has 2 N–H and O–H groups in total. The van der Waals surface area contributed by atoms with Gasteiger partial charge in [-0.1, -0.05) is 55.1 Å². The first kappa shape index (κ1) is 24.2. The van der Waals surface area contributed by atoms with E-state index in [0.717, 1.165) is 21.4 Å². The molecule has 0 spiro atoms. The number of aliphatic hydroxyl groups is 1. The molecule has 1 amide bonds. The van der Waals surface area contributed by atoms with E-state index in [1.54, 1.807) is 12.1 Å². The first-order valence-electron chi connectivity index (χ1n) is 11.1. The molecule has 0 saturated carbocycles. The third kappa shape index (κ3) is 5.77. The number of aromatic nitrogens is 1. The molecule has 3 aromatic rings. The number of pyridine rings is 1. The van der Waals surface area contributed by atoms with Crippen LogP contribution in [-0.4, -0.2) is 22.9 Å². The number of aliphatic hydroxyl groups excluding tert-OH is 1. The molecule has 7 nitrogen and oxygen atoms in total. The number of thioether (sulfide) groups is 1. The summed E-state index contributed by atoms with van der Waals surface area (Å²) in [6.45, 7) is 3.53. The lowest BCUT2D eigenvalue weighted by molar-refractivity contribution is -0.645. The highest BCUT2D eigenvalue weighted by molar-refractivity contribution is 7.99. The minimum atomic E-state index is -0.645. The maximum absolute atomic E-state index is 12.1. The third-order valence-corrected chi connectivity index (χ3v) is 6.89. The Bertz CT molecular complexity index is 1120. The average molecular weight is 481 g/mol. The van der Waals surface area contributed by atoms with Crippen molar-refractivity contribution in [2.24, 2.45) is 5.92 Å². The fourth-order valence-corrected chi connectivity index (χ4v) is 5.05. The molecule has 1 fully saturated rings. The van der Waals surface area contributed by atoms with Crippen LogP contribution in [0.15, 0.2) is 78.0 Å². The summed E-state index contributed by atoms with van der Waals surface area (Å²) in [5.74, 6) is 0.427. The van der Waals surface area contributed by atoms with Crippen molar-refractivity contribution in [3.05, 3.63) is 94.8 Å². The van der Waals surface area contributed by atoms with Gasteiger partial charge in [-0.3, -0.25) is 4.79 Å². The van der Waals surface area contributed by atoms with Gasteiger partial charge in [-0.25, -0.2) is 0 Å². The van der Waals surface area contributed by atoms with Gasteiger partial charge < -0.3 is 25.1 Å². The van der Waals surface area contributed by atoms with Crippen molar-refractivity contribution in [3.8, 4) is 0 Å². The van der Waals surface area contributed by atoms with Crippen LogP contribution in [-0.2, 0) is 20.9 Å². The Morgan fingerprint density at radius 3 is 2.59 bits per heavy atom. The first-order chi connectivity index (χ1) is 16.4. The van der Waals surface area contributed by atoms with Gasteiger partial charge in [0.2, 0.25) is 5.91 Å². The Morgan fingerprint density at radius 1 is 1.09 bits per heavy atom. The van der Waals surface area contributed by atoms with Gasteiger partial charge in [0.15, 0.2) is 12.5 Å². The van der Waals surface area contributed by atoms with E-state index in [9.17, 15) is 15.1 Å². The molecule has 4 rings (SSSR count). The number of nitrogens with one attached hydrogen (secondary N) is 1. The smallest absolute Gasteiger partial charge is 0.251 e. The number of ether oxygens (including phenoxy) is 2. The molecule has 2 aromatic carbocycles. The molecule has 2 heterocycles. The van der Waals surface area contributed by atoms with Crippen molar-refractivity contribution in [1.29, 1.82) is 0 Å². The molecule has 0 unspecified atom stereocenters. The standard InChI is InChI=1S/C26H28N2O5S/c1-17-23(16-34-24-8-3-4-13-28(24)31)32-26(21-6-5-7-22(14-21)27-18(2)30)33-25(17)20-11-9-19(15-29)10-12-20/h3-14,17,23,25-26,29H,15-16H2,1-2H3,(H,27,30)/t17-,23+,25+,26+/m0/s1. The summed E-state index contributed by atoms with van der Waals surface area (Å²) in [7, 11) is 0. The Hall–Kier alpha value is -2.91. The van der Waals surface area contributed by atoms with E-state index in [2.05, 4.69) is 12.2 Å². The predicted octanol–water partition coefficient (Wildman–Crippen LogP) is 4.35. The Balaban J connectivity index is 1.61. The van der Waals surface area contributed by atoms with E-state index >= 15 is 0 Å². The number of anilines is 1. The van der Waals surface area contributed by atoms with Crippen LogP contribution in [0.4, 0.5) is 5.69 Å². The summed E-state index contributed by atoms with van der Waals surface area (Å²) < 4.78 is 13.7. The van der Waals surface area contributed by atoms with Crippen molar-refractivity contribution >= 4 is 23.4 Å². The predicted molar refractivity (Wildman–Crippen MR) is 130 cm³/mol. The summed E-state index contributed by atoms with van der Waals surface area (Å²) >= 11 is 1.45. The van der Waals surface area contributed by atoms with E-state index < -0.39 is 6.29 Å². The quantitative estimate of drug-likeness (QED) is 0.297. The van der Waals surface area contributed by atoms with Crippen LogP contribution >= 0.6 is 11.8 Å². The average Bonchev–Trinajstić information content (AvgIpc) is 2.84. The molecule has 1 aromatic heterocycles. The van der Waals surface area contributed by atoms with Gasteiger partial charge in [0.25, 0.3) is 5.03 Å². The number of rotatable bonds is 7. The lowest BCUT2D eigenvalue weighted by atomic mass is 9.91. The molecule has 34 heavy (non-hydrogen) atoms.